The summed E-state index contributed by atoms with van der Waals surface area (Å²) in [6, 6.07) is 3.93. The highest BCUT2D eigenvalue weighted by Gasteiger charge is 2.48. The second kappa shape index (κ2) is 3.73. The molecule has 2 nitrogen and oxygen atoms in total. The van der Waals surface area contributed by atoms with Crippen molar-refractivity contribution in [3.63, 3.8) is 0 Å². The molecule has 5 heteroatoms. The van der Waals surface area contributed by atoms with Crippen LogP contribution in [0.1, 0.15) is 31.9 Å². The SMILES string of the molecule is CC(C)C1(C)C(=O)Nc2c(C(F)(F)F)cccc21. The van der Waals surface area contributed by atoms with E-state index < -0.39 is 17.2 Å². The Kier molecular flexibility index (Phi) is 2.68. The van der Waals surface area contributed by atoms with Gasteiger partial charge in [0.1, 0.15) is 0 Å². The number of hydrogen-bond donors (Lipinski definition) is 1. The van der Waals surface area contributed by atoms with Gasteiger partial charge in [-0.1, -0.05) is 26.0 Å². The molecular weight excluding hydrogens is 243 g/mol. The number of nitrogens with one attached hydrogen (secondary N) is 1. The number of hydrogen-bond acceptors (Lipinski definition) is 1. The minimum Gasteiger partial charge on any atom is -0.324 e. The van der Waals surface area contributed by atoms with Crippen LogP contribution in [0.5, 0.6) is 0 Å². The summed E-state index contributed by atoms with van der Waals surface area (Å²) in [4.78, 5) is 12.0. The van der Waals surface area contributed by atoms with Gasteiger partial charge in [-0.2, -0.15) is 13.2 Å². The number of carbonyl (C=O) groups excluding carboxylic acids is 1. The zero-order chi connectivity index (χ0) is 13.7. The van der Waals surface area contributed by atoms with E-state index in [9.17, 15) is 18.0 Å². The van der Waals surface area contributed by atoms with Crippen molar-refractivity contribution in [1.29, 1.82) is 0 Å². The van der Waals surface area contributed by atoms with E-state index in [2.05, 4.69) is 5.32 Å². The number of amides is 1. The molecule has 1 N–H and O–H groups in total. The maximum absolute atomic E-state index is 12.9. The van der Waals surface area contributed by atoms with Crippen LogP contribution in [0.2, 0.25) is 0 Å². The van der Waals surface area contributed by atoms with Crippen LogP contribution < -0.4 is 5.32 Å². The second-order valence-electron chi connectivity index (χ2n) is 5.04. The number of fused-ring (bicyclic) bond motifs is 1. The van der Waals surface area contributed by atoms with Gasteiger partial charge in [0.2, 0.25) is 5.91 Å². The van der Waals surface area contributed by atoms with Crippen molar-refractivity contribution in [3.05, 3.63) is 29.3 Å². The van der Waals surface area contributed by atoms with E-state index in [1.165, 1.54) is 6.07 Å². The summed E-state index contributed by atoms with van der Waals surface area (Å²) >= 11 is 0. The van der Waals surface area contributed by atoms with E-state index >= 15 is 0 Å². The highest BCUT2D eigenvalue weighted by atomic mass is 19.4. The van der Waals surface area contributed by atoms with E-state index in [4.69, 9.17) is 0 Å². The minimum absolute atomic E-state index is 0.0813. The first-order valence-corrected chi connectivity index (χ1v) is 5.71. The predicted octanol–water partition coefficient (Wildman–Crippen LogP) is 3.57. The van der Waals surface area contributed by atoms with Crippen LogP contribution in [0, 0.1) is 5.92 Å². The number of anilines is 1. The lowest BCUT2D eigenvalue weighted by Gasteiger charge is -2.26. The number of carbonyl (C=O) groups is 1. The standard InChI is InChI=1S/C13H14F3NO/c1-7(2)12(3)8-5-4-6-9(13(14,15)16)10(8)17-11(12)18/h4-7H,1-3H3,(H,17,18). The molecule has 0 aromatic heterocycles. The van der Waals surface area contributed by atoms with Crippen LogP contribution in [-0.2, 0) is 16.4 Å². The van der Waals surface area contributed by atoms with E-state index in [0.29, 0.717) is 5.56 Å². The summed E-state index contributed by atoms with van der Waals surface area (Å²) in [5.74, 6) is -0.452. The number of halogens is 3. The van der Waals surface area contributed by atoms with Gasteiger partial charge >= 0.3 is 6.18 Å². The average Bonchev–Trinajstić information content (AvgIpc) is 2.51. The molecule has 98 valence electrons. The lowest BCUT2D eigenvalue weighted by molar-refractivity contribution is -0.136. The molecule has 0 fully saturated rings. The van der Waals surface area contributed by atoms with Crippen LogP contribution in [0.15, 0.2) is 18.2 Å². The molecule has 1 unspecified atom stereocenters. The van der Waals surface area contributed by atoms with Crippen molar-refractivity contribution in [1.82, 2.24) is 0 Å². The van der Waals surface area contributed by atoms with Crippen LogP contribution in [0.25, 0.3) is 0 Å². The summed E-state index contributed by atoms with van der Waals surface area (Å²) in [6.45, 7) is 5.34. The highest BCUT2D eigenvalue weighted by Crippen LogP contribution is 2.47. The Balaban J connectivity index is 2.67. The first kappa shape index (κ1) is 12.9. The fourth-order valence-corrected chi connectivity index (χ4v) is 2.29. The molecule has 0 bridgehead atoms. The van der Waals surface area contributed by atoms with Crippen molar-refractivity contribution >= 4 is 11.6 Å². The zero-order valence-corrected chi connectivity index (χ0v) is 10.4. The molecule has 0 saturated carbocycles. The molecule has 0 radical (unpaired) electrons. The van der Waals surface area contributed by atoms with Crippen molar-refractivity contribution in [2.75, 3.05) is 5.32 Å². The smallest absolute Gasteiger partial charge is 0.324 e. The average molecular weight is 257 g/mol. The summed E-state index contributed by atoms with van der Waals surface area (Å²) in [5.41, 5.74) is -1.35. The minimum atomic E-state index is -4.46. The number of rotatable bonds is 1. The predicted molar refractivity (Wildman–Crippen MR) is 62.3 cm³/mol. The summed E-state index contributed by atoms with van der Waals surface area (Å²) < 4.78 is 38.6. The third-order valence-electron chi connectivity index (χ3n) is 3.79. The molecule has 1 atom stereocenters. The van der Waals surface area contributed by atoms with Crippen molar-refractivity contribution in [2.24, 2.45) is 5.92 Å². The topological polar surface area (TPSA) is 29.1 Å². The van der Waals surface area contributed by atoms with Crippen molar-refractivity contribution in [3.8, 4) is 0 Å². The Bertz CT molecular complexity index is 507. The highest BCUT2D eigenvalue weighted by molar-refractivity contribution is 6.07. The van der Waals surface area contributed by atoms with E-state index in [0.717, 1.165) is 6.07 Å². The number of benzene rings is 1. The normalized spacial score (nSPS) is 23.2. The summed E-state index contributed by atoms with van der Waals surface area (Å²) in [5, 5.41) is 2.39. The van der Waals surface area contributed by atoms with E-state index in [1.807, 2.05) is 13.8 Å². The first-order chi connectivity index (χ1) is 8.19. The van der Waals surface area contributed by atoms with E-state index in [1.54, 1.807) is 13.0 Å². The number of para-hydroxylation sites is 1. The molecule has 1 amide bonds. The monoisotopic (exact) mass is 257 g/mol. The Labute approximate surface area is 103 Å². The maximum Gasteiger partial charge on any atom is 0.418 e. The lowest BCUT2D eigenvalue weighted by Crippen LogP contribution is -2.36. The fourth-order valence-electron chi connectivity index (χ4n) is 2.29. The van der Waals surface area contributed by atoms with Gasteiger partial charge in [-0.3, -0.25) is 4.79 Å². The van der Waals surface area contributed by atoms with Crippen molar-refractivity contribution < 1.29 is 18.0 Å². The molecule has 1 aromatic carbocycles. The Morgan fingerprint density at radius 1 is 1.28 bits per heavy atom. The molecule has 1 heterocycles. The zero-order valence-electron chi connectivity index (χ0n) is 10.4. The first-order valence-electron chi connectivity index (χ1n) is 5.71. The molecule has 1 aromatic rings. The van der Waals surface area contributed by atoms with Crippen molar-refractivity contribution in [2.45, 2.75) is 32.4 Å². The Morgan fingerprint density at radius 3 is 2.39 bits per heavy atom. The third-order valence-corrected chi connectivity index (χ3v) is 3.79. The van der Waals surface area contributed by atoms with Crippen LogP contribution in [-0.4, -0.2) is 5.91 Å². The summed E-state index contributed by atoms with van der Waals surface area (Å²) in [7, 11) is 0. The van der Waals surface area contributed by atoms with Gasteiger partial charge in [-0.15, -0.1) is 0 Å². The van der Waals surface area contributed by atoms with Gasteiger partial charge in [0.15, 0.2) is 0 Å². The van der Waals surface area contributed by atoms with Gasteiger partial charge < -0.3 is 5.32 Å². The van der Waals surface area contributed by atoms with Crippen LogP contribution in [0.4, 0.5) is 18.9 Å². The van der Waals surface area contributed by atoms with Crippen LogP contribution >= 0.6 is 0 Å². The van der Waals surface area contributed by atoms with E-state index in [-0.39, 0.29) is 17.5 Å². The molecule has 0 spiro atoms. The Morgan fingerprint density at radius 2 is 1.89 bits per heavy atom. The number of alkyl halides is 3. The van der Waals surface area contributed by atoms with Gasteiger partial charge in [-0.25, -0.2) is 0 Å². The summed E-state index contributed by atoms with van der Waals surface area (Å²) in [6.07, 6.45) is -4.46. The lowest BCUT2D eigenvalue weighted by atomic mass is 9.74. The molecular formula is C13H14F3NO. The molecule has 2 rings (SSSR count). The third kappa shape index (κ3) is 1.61. The van der Waals surface area contributed by atoms with Gasteiger partial charge in [0.25, 0.3) is 0 Å². The quantitative estimate of drug-likeness (QED) is 0.818. The van der Waals surface area contributed by atoms with Gasteiger partial charge in [0.05, 0.1) is 16.7 Å². The molecule has 0 saturated heterocycles. The largest absolute Gasteiger partial charge is 0.418 e. The molecule has 0 aliphatic carbocycles. The molecule has 1 aliphatic rings. The van der Waals surface area contributed by atoms with Gasteiger partial charge in [0, 0.05) is 0 Å². The second-order valence-corrected chi connectivity index (χ2v) is 5.04. The Hall–Kier alpha value is -1.52. The molecule has 18 heavy (non-hydrogen) atoms. The fraction of sp³-hybridized carbons (Fsp3) is 0.462. The maximum atomic E-state index is 12.9. The van der Waals surface area contributed by atoms with Gasteiger partial charge in [-0.05, 0) is 24.5 Å². The molecule has 1 aliphatic heterocycles. The van der Waals surface area contributed by atoms with Crippen LogP contribution in [0.3, 0.4) is 0 Å².